The zero-order valence-corrected chi connectivity index (χ0v) is 12.7. The maximum Gasteiger partial charge on any atom is 0.305 e. The number of aliphatic carboxylic acids is 1. The first-order chi connectivity index (χ1) is 9.37. The van der Waals surface area contributed by atoms with Crippen molar-refractivity contribution in [2.45, 2.75) is 64.3 Å². The van der Waals surface area contributed by atoms with Gasteiger partial charge in [0.2, 0.25) is 5.91 Å². The summed E-state index contributed by atoms with van der Waals surface area (Å²) in [6, 6.07) is 0. The Morgan fingerprint density at radius 1 is 1.30 bits per heavy atom. The number of nitrogens with two attached hydrogens (primary N) is 1. The molecule has 0 heterocycles. The fourth-order valence-electron chi connectivity index (χ4n) is 3.23. The lowest BCUT2D eigenvalue weighted by Gasteiger charge is -2.29. The molecule has 0 aromatic carbocycles. The molecular weight excluding hydrogens is 256 g/mol. The number of hydrogen-bond acceptors (Lipinski definition) is 3. The number of amides is 1. The van der Waals surface area contributed by atoms with Gasteiger partial charge in [-0.1, -0.05) is 26.7 Å². The Bertz CT molecular complexity index is 336. The summed E-state index contributed by atoms with van der Waals surface area (Å²) in [5.74, 6) is -0.205. The van der Waals surface area contributed by atoms with Gasteiger partial charge in [0, 0.05) is 6.42 Å². The maximum atomic E-state index is 12.2. The Kier molecular flexibility index (Phi) is 6.46. The molecule has 0 radical (unpaired) electrons. The lowest BCUT2D eigenvalue weighted by atomic mass is 9.90. The average Bonchev–Trinajstić information content (AvgIpc) is 2.74. The fourth-order valence-corrected chi connectivity index (χ4v) is 3.23. The van der Waals surface area contributed by atoms with Gasteiger partial charge in [0.05, 0.1) is 12.0 Å². The highest BCUT2D eigenvalue weighted by Crippen LogP contribution is 2.33. The van der Waals surface area contributed by atoms with Gasteiger partial charge >= 0.3 is 5.97 Å². The highest BCUT2D eigenvalue weighted by Gasteiger charge is 2.37. The molecule has 1 rings (SSSR count). The number of carbonyl (C=O) groups excluding carboxylic acids is 1. The molecular formula is C15H28N2O3. The molecule has 4 N–H and O–H groups in total. The number of carboxylic acids is 1. The summed E-state index contributed by atoms with van der Waals surface area (Å²) in [6.45, 7) is 4.73. The molecule has 0 saturated heterocycles. The van der Waals surface area contributed by atoms with E-state index in [9.17, 15) is 9.59 Å². The normalized spacial score (nSPS) is 19.0. The molecule has 0 bridgehead atoms. The quantitative estimate of drug-likeness (QED) is 0.634. The van der Waals surface area contributed by atoms with Gasteiger partial charge in [-0.15, -0.1) is 0 Å². The molecule has 0 unspecified atom stereocenters. The minimum Gasteiger partial charge on any atom is -0.481 e. The van der Waals surface area contributed by atoms with Crippen LogP contribution in [0.2, 0.25) is 0 Å². The minimum absolute atomic E-state index is 0.0240. The van der Waals surface area contributed by atoms with Gasteiger partial charge in [-0.05, 0) is 37.6 Å². The Hall–Kier alpha value is -1.10. The van der Waals surface area contributed by atoms with E-state index >= 15 is 0 Å². The van der Waals surface area contributed by atoms with E-state index in [1.807, 2.05) is 0 Å². The molecule has 20 heavy (non-hydrogen) atoms. The van der Waals surface area contributed by atoms with Gasteiger partial charge in [0.25, 0.3) is 0 Å². The summed E-state index contributed by atoms with van der Waals surface area (Å²) in [4.78, 5) is 23.2. The largest absolute Gasteiger partial charge is 0.481 e. The molecule has 1 saturated carbocycles. The smallest absolute Gasteiger partial charge is 0.305 e. The minimum atomic E-state index is -0.843. The number of nitrogens with one attached hydrogen (secondary N) is 1. The zero-order valence-electron chi connectivity index (χ0n) is 12.7. The maximum absolute atomic E-state index is 12.2. The van der Waals surface area contributed by atoms with Crippen molar-refractivity contribution in [1.82, 2.24) is 5.32 Å². The van der Waals surface area contributed by atoms with E-state index in [2.05, 4.69) is 19.2 Å². The van der Waals surface area contributed by atoms with Gasteiger partial charge < -0.3 is 16.2 Å². The monoisotopic (exact) mass is 284 g/mol. The summed E-state index contributed by atoms with van der Waals surface area (Å²) in [5, 5.41) is 12.0. The van der Waals surface area contributed by atoms with E-state index in [1.54, 1.807) is 0 Å². The number of rotatable bonds is 8. The SMILES string of the molecule is CC(C)C[C@H](CN)CC(=O)NC1(CC(=O)O)CCCC1. The Labute approximate surface area is 121 Å². The van der Waals surface area contributed by atoms with Crippen LogP contribution in [0.1, 0.15) is 58.8 Å². The van der Waals surface area contributed by atoms with Crippen molar-refractivity contribution in [3.63, 3.8) is 0 Å². The van der Waals surface area contributed by atoms with Crippen LogP contribution in [-0.2, 0) is 9.59 Å². The summed E-state index contributed by atoms with van der Waals surface area (Å²) >= 11 is 0. The van der Waals surface area contributed by atoms with Crippen molar-refractivity contribution in [2.24, 2.45) is 17.6 Å². The molecule has 0 aromatic rings. The van der Waals surface area contributed by atoms with Crippen LogP contribution in [0.25, 0.3) is 0 Å². The van der Waals surface area contributed by atoms with Gasteiger partial charge in [-0.2, -0.15) is 0 Å². The summed E-state index contributed by atoms with van der Waals surface area (Å²) in [7, 11) is 0. The number of hydrogen-bond donors (Lipinski definition) is 3. The van der Waals surface area contributed by atoms with Gasteiger partial charge in [0.15, 0.2) is 0 Å². The molecule has 1 atom stereocenters. The Morgan fingerprint density at radius 3 is 2.35 bits per heavy atom. The Morgan fingerprint density at radius 2 is 1.90 bits per heavy atom. The van der Waals surface area contributed by atoms with Gasteiger partial charge in [-0.25, -0.2) is 0 Å². The van der Waals surface area contributed by atoms with Crippen LogP contribution >= 0.6 is 0 Å². The molecule has 5 nitrogen and oxygen atoms in total. The lowest BCUT2D eigenvalue weighted by Crippen LogP contribution is -2.48. The third kappa shape index (κ3) is 5.49. The van der Waals surface area contributed by atoms with Crippen molar-refractivity contribution >= 4 is 11.9 Å². The highest BCUT2D eigenvalue weighted by molar-refractivity contribution is 5.78. The van der Waals surface area contributed by atoms with Crippen LogP contribution in [0.15, 0.2) is 0 Å². The van der Waals surface area contributed by atoms with Crippen LogP contribution in [0.3, 0.4) is 0 Å². The molecule has 5 heteroatoms. The van der Waals surface area contributed by atoms with E-state index < -0.39 is 11.5 Å². The van der Waals surface area contributed by atoms with E-state index in [4.69, 9.17) is 10.8 Å². The van der Waals surface area contributed by atoms with E-state index in [1.165, 1.54) is 0 Å². The number of carboxylic acid groups (broad SMARTS) is 1. The Balaban J connectivity index is 2.55. The van der Waals surface area contributed by atoms with Crippen LogP contribution in [0, 0.1) is 11.8 Å². The molecule has 0 aromatic heterocycles. The molecule has 0 aliphatic heterocycles. The fraction of sp³-hybridized carbons (Fsp3) is 0.867. The first kappa shape index (κ1) is 17.0. The summed E-state index contributed by atoms with van der Waals surface area (Å²) in [5.41, 5.74) is 5.19. The van der Waals surface area contributed by atoms with Crippen molar-refractivity contribution < 1.29 is 14.7 Å². The first-order valence-corrected chi connectivity index (χ1v) is 7.60. The summed E-state index contributed by atoms with van der Waals surface area (Å²) < 4.78 is 0. The summed E-state index contributed by atoms with van der Waals surface area (Å²) in [6.07, 6.45) is 4.85. The average molecular weight is 284 g/mol. The van der Waals surface area contributed by atoms with Gasteiger partial charge in [-0.3, -0.25) is 9.59 Å². The van der Waals surface area contributed by atoms with Crippen LogP contribution in [0.5, 0.6) is 0 Å². The third-order valence-electron chi connectivity index (χ3n) is 4.07. The van der Waals surface area contributed by atoms with Crippen molar-refractivity contribution in [2.75, 3.05) is 6.54 Å². The topological polar surface area (TPSA) is 92.4 Å². The predicted octanol–water partition coefficient (Wildman–Crippen LogP) is 1.90. The molecule has 0 spiro atoms. The second kappa shape index (κ2) is 7.62. The zero-order chi connectivity index (χ0) is 15.2. The van der Waals surface area contributed by atoms with Crippen LogP contribution in [0.4, 0.5) is 0 Å². The third-order valence-corrected chi connectivity index (χ3v) is 4.07. The number of carbonyl (C=O) groups is 2. The van der Waals surface area contributed by atoms with Gasteiger partial charge in [0.1, 0.15) is 0 Å². The first-order valence-electron chi connectivity index (χ1n) is 7.60. The molecule has 1 aliphatic rings. The van der Waals surface area contributed by atoms with Crippen molar-refractivity contribution in [3.8, 4) is 0 Å². The highest BCUT2D eigenvalue weighted by atomic mass is 16.4. The van der Waals surface area contributed by atoms with Crippen LogP contribution < -0.4 is 11.1 Å². The molecule has 1 fully saturated rings. The van der Waals surface area contributed by atoms with E-state index in [-0.39, 0.29) is 18.2 Å². The molecule has 1 amide bonds. The lowest BCUT2D eigenvalue weighted by molar-refractivity contribution is -0.139. The van der Waals surface area contributed by atoms with E-state index in [0.717, 1.165) is 32.1 Å². The van der Waals surface area contributed by atoms with E-state index in [0.29, 0.717) is 18.9 Å². The molecule has 116 valence electrons. The second-order valence-electron chi connectivity index (χ2n) is 6.54. The van der Waals surface area contributed by atoms with Crippen molar-refractivity contribution in [1.29, 1.82) is 0 Å². The predicted molar refractivity (Wildman–Crippen MR) is 78.2 cm³/mol. The van der Waals surface area contributed by atoms with Crippen LogP contribution in [-0.4, -0.2) is 29.1 Å². The standard InChI is InChI=1S/C15H28N2O3/c1-11(2)7-12(10-16)8-13(18)17-15(9-14(19)20)5-3-4-6-15/h11-12H,3-10,16H2,1-2H3,(H,17,18)(H,19,20)/t12-/m0/s1. The van der Waals surface area contributed by atoms with Crippen molar-refractivity contribution in [3.05, 3.63) is 0 Å². The molecule has 1 aliphatic carbocycles. The second-order valence-corrected chi connectivity index (χ2v) is 6.54.